The number of aliphatic carboxylic acids is 1. The number of carboxylic acids is 1. The number of aromatic nitrogens is 1. The number of hydrogen-bond donors (Lipinski definition) is 2. The average molecular weight is 360 g/mol. The van der Waals surface area contributed by atoms with Gasteiger partial charge in [0, 0.05) is 11.8 Å². The second-order valence-corrected chi connectivity index (χ2v) is 3.91. The van der Waals surface area contributed by atoms with Gasteiger partial charge in [-0.15, -0.1) is 0 Å². The number of methoxy groups -OCH3 is 1. The number of pyridine rings is 1. The van der Waals surface area contributed by atoms with Crippen molar-refractivity contribution < 1.29 is 46.1 Å². The summed E-state index contributed by atoms with van der Waals surface area (Å²) in [5.74, 6) is -3.36. The zero-order valence-electron chi connectivity index (χ0n) is 12.1. The number of carbonyl (C=O) groups is 2. The van der Waals surface area contributed by atoms with Gasteiger partial charge in [0.2, 0.25) is 0 Å². The molecule has 3 N–H and O–H groups in total. The van der Waals surface area contributed by atoms with E-state index in [-0.39, 0.29) is 5.56 Å². The second-order valence-electron chi connectivity index (χ2n) is 3.91. The van der Waals surface area contributed by atoms with Gasteiger partial charge in [0.1, 0.15) is 5.75 Å². The average Bonchev–Trinajstić information content (AvgIpc) is 2.51. The predicted molar refractivity (Wildman–Crippen MR) is 68.4 cm³/mol. The maximum absolute atomic E-state index is 12.7. The molecule has 1 unspecified atom stereocenters. The number of carboxylic acid groups (broad SMARTS) is 1. The summed E-state index contributed by atoms with van der Waals surface area (Å²) in [5, 5.41) is 7.12. The van der Waals surface area contributed by atoms with Crippen LogP contribution in [0.1, 0.15) is 11.7 Å². The van der Waals surface area contributed by atoms with Crippen molar-refractivity contribution in [3.8, 4) is 5.75 Å². The van der Waals surface area contributed by atoms with E-state index in [4.69, 9.17) is 20.4 Å². The Kier molecular flexibility index (Phi) is 8.60. The molecule has 0 bridgehead atoms. The van der Waals surface area contributed by atoms with Gasteiger partial charge in [0.25, 0.3) is 6.43 Å². The molecule has 0 spiro atoms. The molecule has 1 aromatic rings. The van der Waals surface area contributed by atoms with E-state index in [1.54, 1.807) is 0 Å². The zero-order valence-corrected chi connectivity index (χ0v) is 12.1. The maximum atomic E-state index is 12.7. The Hall–Kier alpha value is -2.50. The van der Waals surface area contributed by atoms with Gasteiger partial charge in [-0.05, 0) is 6.07 Å². The second kappa shape index (κ2) is 9.60. The lowest BCUT2D eigenvalue weighted by molar-refractivity contribution is -0.192. The normalized spacial score (nSPS) is 12.0. The highest BCUT2D eigenvalue weighted by Gasteiger charge is 2.38. The first-order valence-electron chi connectivity index (χ1n) is 5.99. The molecule has 12 heteroatoms. The lowest BCUT2D eigenvalue weighted by Crippen LogP contribution is -2.23. The van der Waals surface area contributed by atoms with E-state index in [1.807, 2.05) is 0 Å². The number of carbonyl (C=O) groups excluding carboxylic acids is 1. The van der Waals surface area contributed by atoms with Gasteiger partial charge in [0.05, 0.1) is 19.9 Å². The Morgan fingerprint density at radius 2 is 1.88 bits per heavy atom. The van der Waals surface area contributed by atoms with Crippen LogP contribution < -0.4 is 10.5 Å². The number of alkyl halides is 5. The van der Waals surface area contributed by atoms with Crippen LogP contribution in [-0.2, 0) is 14.3 Å². The monoisotopic (exact) mass is 360 g/mol. The molecule has 1 aromatic heterocycles. The summed E-state index contributed by atoms with van der Waals surface area (Å²) in [4.78, 5) is 23.5. The first-order valence-corrected chi connectivity index (χ1v) is 5.99. The number of halogens is 5. The predicted octanol–water partition coefficient (Wildman–Crippen LogP) is 1.53. The van der Waals surface area contributed by atoms with Gasteiger partial charge >= 0.3 is 18.1 Å². The molecule has 0 saturated carbocycles. The number of rotatable bonds is 5. The topological polar surface area (TPSA) is 112 Å². The van der Waals surface area contributed by atoms with Crippen LogP contribution >= 0.6 is 0 Å². The lowest BCUT2D eigenvalue weighted by Gasteiger charge is -2.17. The van der Waals surface area contributed by atoms with E-state index >= 15 is 0 Å². The fourth-order valence-electron chi connectivity index (χ4n) is 1.16. The van der Waals surface area contributed by atoms with Gasteiger partial charge in [-0.25, -0.2) is 13.6 Å². The number of ether oxygens (including phenoxy) is 2. The summed E-state index contributed by atoms with van der Waals surface area (Å²) in [6.45, 7) is -0.458. The van der Waals surface area contributed by atoms with Crippen molar-refractivity contribution in [3.63, 3.8) is 0 Å². The maximum Gasteiger partial charge on any atom is 0.490 e. The van der Waals surface area contributed by atoms with Crippen LogP contribution in [0.4, 0.5) is 22.0 Å². The Balaban J connectivity index is 0.000000640. The quantitative estimate of drug-likeness (QED) is 0.605. The third-order valence-corrected chi connectivity index (χ3v) is 2.19. The molecular formula is C12H13F5N2O5. The van der Waals surface area contributed by atoms with E-state index in [1.165, 1.54) is 25.6 Å². The third-order valence-electron chi connectivity index (χ3n) is 2.19. The van der Waals surface area contributed by atoms with Crippen LogP contribution in [0.15, 0.2) is 18.5 Å². The van der Waals surface area contributed by atoms with Gasteiger partial charge in [-0.3, -0.25) is 9.78 Å². The minimum atomic E-state index is -5.08. The highest BCUT2D eigenvalue weighted by molar-refractivity contribution is 5.73. The van der Waals surface area contributed by atoms with Gasteiger partial charge < -0.3 is 20.3 Å². The molecule has 7 nitrogen and oxygen atoms in total. The number of esters is 1. The number of nitrogens with zero attached hydrogens (tertiary/aromatic N) is 1. The van der Waals surface area contributed by atoms with Crippen LogP contribution in [0, 0.1) is 0 Å². The van der Waals surface area contributed by atoms with Crippen molar-refractivity contribution in [1.82, 2.24) is 4.98 Å². The van der Waals surface area contributed by atoms with E-state index in [0.717, 1.165) is 0 Å². The molecule has 0 radical (unpaired) electrons. The molecule has 1 atom stereocenters. The minimum Gasteiger partial charge on any atom is -0.495 e. The smallest absolute Gasteiger partial charge is 0.490 e. The molecule has 136 valence electrons. The molecule has 0 aliphatic rings. The fourth-order valence-corrected chi connectivity index (χ4v) is 1.16. The summed E-state index contributed by atoms with van der Waals surface area (Å²) < 4.78 is 66.6. The van der Waals surface area contributed by atoms with Crippen molar-refractivity contribution in [1.29, 1.82) is 0 Å². The highest BCUT2D eigenvalue weighted by Crippen LogP contribution is 2.26. The van der Waals surface area contributed by atoms with Crippen molar-refractivity contribution in [3.05, 3.63) is 24.0 Å². The number of hydrogen-bond acceptors (Lipinski definition) is 6. The van der Waals surface area contributed by atoms with Crippen molar-refractivity contribution in [2.75, 3.05) is 13.7 Å². The molecule has 0 amide bonds. The van der Waals surface area contributed by atoms with Crippen LogP contribution in [0.2, 0.25) is 0 Å². The van der Waals surface area contributed by atoms with E-state index in [2.05, 4.69) is 9.72 Å². The number of nitrogens with two attached hydrogens (primary N) is 1. The summed E-state index contributed by atoms with van der Waals surface area (Å²) >= 11 is 0. The summed E-state index contributed by atoms with van der Waals surface area (Å²) in [5.41, 5.74) is 5.05. The lowest BCUT2D eigenvalue weighted by atomic mass is 10.1. The standard InChI is InChI=1S/C10H12F2N2O3.C2HF3O2/c1-16-7-2-6(4-14-5-7)9(10(11)12)17-8(15)3-13;3-2(4,5)1(6)7/h2,4-5,9-10H,3,13H2,1H3;(H,6,7). The molecule has 0 saturated heterocycles. The largest absolute Gasteiger partial charge is 0.495 e. The third kappa shape index (κ3) is 7.67. The van der Waals surface area contributed by atoms with E-state index in [0.29, 0.717) is 5.75 Å². The Morgan fingerprint density at radius 1 is 1.33 bits per heavy atom. The first-order chi connectivity index (χ1) is 11.0. The van der Waals surface area contributed by atoms with Gasteiger partial charge in [-0.2, -0.15) is 13.2 Å². The van der Waals surface area contributed by atoms with Gasteiger partial charge in [0.15, 0.2) is 6.10 Å². The Morgan fingerprint density at radius 3 is 2.25 bits per heavy atom. The van der Waals surface area contributed by atoms with Crippen LogP contribution in [0.3, 0.4) is 0 Å². The van der Waals surface area contributed by atoms with Gasteiger partial charge in [-0.1, -0.05) is 0 Å². The Bertz CT molecular complexity index is 553. The summed E-state index contributed by atoms with van der Waals surface area (Å²) in [6, 6.07) is 1.33. The molecule has 0 aliphatic heterocycles. The summed E-state index contributed by atoms with van der Waals surface area (Å²) in [6.07, 6.45) is -7.09. The molecule has 0 aromatic carbocycles. The zero-order chi connectivity index (χ0) is 18.9. The first kappa shape index (κ1) is 21.5. The van der Waals surface area contributed by atoms with Crippen LogP contribution in [0.5, 0.6) is 5.75 Å². The molecule has 1 heterocycles. The molecule has 0 aliphatic carbocycles. The van der Waals surface area contributed by atoms with Crippen LogP contribution in [-0.4, -0.2) is 48.3 Å². The van der Waals surface area contributed by atoms with Crippen molar-refractivity contribution in [2.24, 2.45) is 5.73 Å². The molecule has 1 rings (SSSR count). The highest BCUT2D eigenvalue weighted by atomic mass is 19.4. The van der Waals surface area contributed by atoms with Crippen molar-refractivity contribution in [2.45, 2.75) is 18.7 Å². The molecule has 24 heavy (non-hydrogen) atoms. The Labute approximate surface area is 132 Å². The molecular weight excluding hydrogens is 347 g/mol. The van der Waals surface area contributed by atoms with E-state index < -0.39 is 37.2 Å². The van der Waals surface area contributed by atoms with Crippen molar-refractivity contribution >= 4 is 11.9 Å². The van der Waals surface area contributed by atoms with E-state index in [9.17, 15) is 26.7 Å². The van der Waals surface area contributed by atoms with Crippen LogP contribution in [0.25, 0.3) is 0 Å². The minimum absolute atomic E-state index is 0.0566. The summed E-state index contributed by atoms with van der Waals surface area (Å²) in [7, 11) is 1.38. The fraction of sp³-hybridized carbons (Fsp3) is 0.417. The molecule has 0 fully saturated rings. The SMILES string of the molecule is COc1cncc(C(OC(=O)CN)C(F)F)c1.O=C(O)C(F)(F)F.